The second kappa shape index (κ2) is 4.88. The smallest absolute Gasteiger partial charge is 0.219 e. The molecule has 0 aliphatic rings. The van der Waals surface area contributed by atoms with Crippen LogP contribution in [0.2, 0.25) is 10.2 Å². The minimum absolute atomic E-state index is 0.0359. The Hall–Kier alpha value is -1.35. The first-order chi connectivity index (χ1) is 8.11. The lowest BCUT2D eigenvalue weighted by Gasteiger charge is -2.04. The average molecular weight is 289 g/mol. The molecule has 0 saturated heterocycles. The lowest BCUT2D eigenvalue weighted by atomic mass is 10.3. The molecule has 2 rings (SSSR count). The highest BCUT2D eigenvalue weighted by molar-refractivity contribution is 7.08. The molecule has 0 N–H and O–H groups in total. The fourth-order valence-electron chi connectivity index (χ4n) is 1.08. The summed E-state index contributed by atoms with van der Waals surface area (Å²) in [5.74, 6) is -0.655. The van der Waals surface area contributed by atoms with E-state index in [9.17, 15) is 4.39 Å². The summed E-state index contributed by atoms with van der Waals surface area (Å²) < 4.78 is 22.4. The highest BCUT2D eigenvalue weighted by atomic mass is 35.5. The molecule has 0 fully saturated rings. The molecule has 1 heterocycles. The van der Waals surface area contributed by atoms with Crippen molar-refractivity contribution in [2.45, 2.75) is 0 Å². The van der Waals surface area contributed by atoms with Gasteiger partial charge in [-0.25, -0.2) is 4.39 Å². The van der Waals surface area contributed by atoms with Crippen molar-refractivity contribution in [2.24, 2.45) is 0 Å². The summed E-state index contributed by atoms with van der Waals surface area (Å²) in [6, 6.07) is 5.80. The van der Waals surface area contributed by atoms with Crippen molar-refractivity contribution in [3.05, 3.63) is 39.8 Å². The molecular formula is C10H3Cl2FN2OS. The van der Waals surface area contributed by atoms with E-state index in [2.05, 4.69) is 4.37 Å². The second-order valence-electron chi connectivity index (χ2n) is 2.92. The van der Waals surface area contributed by atoms with E-state index in [-0.39, 0.29) is 26.6 Å². The van der Waals surface area contributed by atoms with Gasteiger partial charge >= 0.3 is 0 Å². The lowest BCUT2D eigenvalue weighted by Crippen LogP contribution is -1.88. The van der Waals surface area contributed by atoms with Gasteiger partial charge in [-0.05, 0) is 18.2 Å². The number of nitrogens with zero attached hydrogens (tertiary/aromatic N) is 2. The van der Waals surface area contributed by atoms with Gasteiger partial charge in [0.05, 0.1) is 0 Å². The Morgan fingerprint density at radius 1 is 1.41 bits per heavy atom. The zero-order chi connectivity index (χ0) is 12.4. The van der Waals surface area contributed by atoms with E-state index in [0.29, 0.717) is 0 Å². The molecule has 1 aromatic heterocycles. The Morgan fingerprint density at radius 2 is 2.18 bits per heavy atom. The van der Waals surface area contributed by atoms with Gasteiger partial charge in [0.15, 0.2) is 16.7 Å². The van der Waals surface area contributed by atoms with E-state index < -0.39 is 5.82 Å². The van der Waals surface area contributed by atoms with Gasteiger partial charge in [-0.15, -0.1) is 0 Å². The van der Waals surface area contributed by atoms with Crippen molar-refractivity contribution in [1.29, 1.82) is 5.26 Å². The van der Waals surface area contributed by atoms with Gasteiger partial charge in [-0.2, -0.15) is 9.64 Å². The van der Waals surface area contributed by atoms with Crippen molar-refractivity contribution in [2.75, 3.05) is 0 Å². The molecule has 1 aromatic carbocycles. The van der Waals surface area contributed by atoms with Crippen molar-refractivity contribution in [3.8, 4) is 16.9 Å². The molecule has 0 saturated carbocycles. The van der Waals surface area contributed by atoms with Gasteiger partial charge in [0, 0.05) is 16.6 Å². The third kappa shape index (κ3) is 2.50. The van der Waals surface area contributed by atoms with E-state index in [1.54, 1.807) is 0 Å². The van der Waals surface area contributed by atoms with Crippen LogP contribution in [-0.4, -0.2) is 4.37 Å². The SMILES string of the molecule is N#Cc1c(Cl)nsc1Oc1ccc(Cl)cc1F. The van der Waals surface area contributed by atoms with Crippen molar-refractivity contribution in [3.63, 3.8) is 0 Å². The van der Waals surface area contributed by atoms with Gasteiger partial charge in [-0.1, -0.05) is 23.2 Å². The molecule has 17 heavy (non-hydrogen) atoms. The summed E-state index contributed by atoms with van der Waals surface area (Å²) in [7, 11) is 0. The van der Waals surface area contributed by atoms with Crippen LogP contribution < -0.4 is 4.74 Å². The van der Waals surface area contributed by atoms with Gasteiger partial charge < -0.3 is 4.74 Å². The number of nitriles is 1. The maximum Gasteiger partial charge on any atom is 0.219 e. The van der Waals surface area contributed by atoms with E-state index in [0.717, 1.165) is 17.6 Å². The van der Waals surface area contributed by atoms with E-state index >= 15 is 0 Å². The molecule has 0 bridgehead atoms. The Balaban J connectivity index is 2.35. The highest BCUT2D eigenvalue weighted by Crippen LogP contribution is 2.35. The molecule has 86 valence electrons. The van der Waals surface area contributed by atoms with Gasteiger partial charge in [-0.3, -0.25) is 0 Å². The molecule has 0 radical (unpaired) electrons. The van der Waals surface area contributed by atoms with Crippen molar-refractivity contribution in [1.82, 2.24) is 4.37 Å². The summed E-state index contributed by atoms with van der Waals surface area (Å²) in [5.41, 5.74) is 0.0889. The van der Waals surface area contributed by atoms with Crippen LogP contribution in [0.15, 0.2) is 18.2 Å². The Morgan fingerprint density at radius 3 is 2.82 bits per heavy atom. The summed E-state index contributed by atoms with van der Waals surface area (Å²) in [6.07, 6.45) is 0. The predicted octanol–water partition coefficient (Wildman–Crippen LogP) is 4.25. The molecule has 0 spiro atoms. The van der Waals surface area contributed by atoms with Gasteiger partial charge in [0.1, 0.15) is 11.6 Å². The maximum absolute atomic E-state index is 13.4. The van der Waals surface area contributed by atoms with E-state index in [4.69, 9.17) is 33.2 Å². The summed E-state index contributed by atoms with van der Waals surface area (Å²) >= 11 is 12.1. The second-order valence-corrected chi connectivity index (χ2v) is 4.45. The molecule has 0 aliphatic carbocycles. The third-order valence-electron chi connectivity index (χ3n) is 1.83. The van der Waals surface area contributed by atoms with Crippen LogP contribution >= 0.6 is 34.7 Å². The molecular weight excluding hydrogens is 286 g/mol. The first kappa shape index (κ1) is 12.1. The number of halogens is 3. The van der Waals surface area contributed by atoms with Crippen LogP contribution in [0.25, 0.3) is 0 Å². The first-order valence-corrected chi connectivity index (χ1v) is 5.83. The number of rotatable bonds is 2. The fourth-order valence-corrected chi connectivity index (χ4v) is 2.14. The minimum Gasteiger partial charge on any atom is -0.441 e. The lowest BCUT2D eigenvalue weighted by molar-refractivity contribution is 0.451. The summed E-state index contributed by atoms with van der Waals surface area (Å²) in [5, 5.41) is 9.27. The predicted molar refractivity (Wildman–Crippen MR) is 63.3 cm³/mol. The molecule has 0 atom stereocenters. The van der Waals surface area contributed by atoms with Crippen LogP contribution in [0.1, 0.15) is 5.56 Å². The topological polar surface area (TPSA) is 45.9 Å². The molecule has 0 amide bonds. The summed E-state index contributed by atoms with van der Waals surface area (Å²) in [4.78, 5) is 0. The third-order valence-corrected chi connectivity index (χ3v) is 3.16. The Kier molecular flexibility index (Phi) is 3.48. The fraction of sp³-hybridized carbons (Fsp3) is 0. The van der Waals surface area contributed by atoms with Gasteiger partial charge in [0.25, 0.3) is 0 Å². The molecule has 7 heteroatoms. The number of hydrogen-bond donors (Lipinski definition) is 0. The zero-order valence-electron chi connectivity index (χ0n) is 8.08. The van der Waals surface area contributed by atoms with Crippen LogP contribution in [0.3, 0.4) is 0 Å². The average Bonchev–Trinajstić information content (AvgIpc) is 2.63. The monoisotopic (exact) mass is 288 g/mol. The van der Waals surface area contributed by atoms with Crippen molar-refractivity contribution >= 4 is 34.7 Å². The number of ether oxygens (including phenoxy) is 1. The zero-order valence-corrected chi connectivity index (χ0v) is 10.4. The first-order valence-electron chi connectivity index (χ1n) is 4.30. The summed E-state index contributed by atoms with van der Waals surface area (Å²) in [6.45, 7) is 0. The number of hydrogen-bond acceptors (Lipinski definition) is 4. The largest absolute Gasteiger partial charge is 0.441 e. The van der Waals surface area contributed by atoms with Gasteiger partial charge in [0.2, 0.25) is 5.06 Å². The molecule has 3 nitrogen and oxygen atoms in total. The van der Waals surface area contributed by atoms with E-state index in [1.165, 1.54) is 12.1 Å². The van der Waals surface area contributed by atoms with Crippen LogP contribution in [0.5, 0.6) is 10.8 Å². The minimum atomic E-state index is -0.620. The number of aromatic nitrogens is 1. The Labute approximate surface area is 110 Å². The van der Waals surface area contributed by atoms with Crippen molar-refractivity contribution < 1.29 is 9.13 Å². The molecule has 2 aromatic rings. The quantitative estimate of drug-likeness (QED) is 0.830. The number of benzene rings is 1. The standard InChI is InChI=1S/C10H3Cl2FN2OS/c11-5-1-2-8(7(13)3-5)16-10-6(4-14)9(12)15-17-10/h1-3H. The van der Waals surface area contributed by atoms with Crippen LogP contribution in [0.4, 0.5) is 4.39 Å². The van der Waals surface area contributed by atoms with E-state index in [1.807, 2.05) is 6.07 Å². The maximum atomic E-state index is 13.4. The van der Waals surface area contributed by atoms with Crippen LogP contribution in [-0.2, 0) is 0 Å². The van der Waals surface area contributed by atoms with Crippen LogP contribution in [0, 0.1) is 17.1 Å². The molecule has 0 aliphatic heterocycles. The molecule has 0 unspecified atom stereocenters. The Bertz CT molecular complexity index is 609. The normalized spacial score (nSPS) is 10.0. The highest BCUT2D eigenvalue weighted by Gasteiger charge is 2.15.